The molecule has 2 aromatic rings. The minimum Gasteiger partial charge on any atom is -0.493 e. The predicted molar refractivity (Wildman–Crippen MR) is 119 cm³/mol. The van der Waals surface area contributed by atoms with Gasteiger partial charge in [-0.15, -0.1) is 0 Å². The molecule has 2 aromatic carbocycles. The normalized spacial score (nSPS) is 10.4. The van der Waals surface area contributed by atoms with Crippen LogP contribution in [0.5, 0.6) is 11.5 Å². The van der Waals surface area contributed by atoms with E-state index in [-0.39, 0.29) is 18.5 Å². The first-order valence-corrected chi connectivity index (χ1v) is 9.51. The number of carbonyl (C=O) groups excluding carboxylic acids is 3. The highest BCUT2D eigenvalue weighted by molar-refractivity contribution is 6.07. The number of nitrogens with one attached hydrogen (secondary N) is 2. The standard InChI is InChI=1S/C23H25N3O5/c1-3-14-31-19-10-8-16(15-20(19)30-2)9-11-22(28)26-18-7-5-4-6-17(18)23(29)25-13-12-21(24)27/h3-11,15H,1,12-14H2,2H3,(H2,24,27)(H,25,29)(H,26,28)/b11-9+. The van der Waals surface area contributed by atoms with Crippen LogP contribution in [0.2, 0.25) is 0 Å². The second-order valence-corrected chi connectivity index (χ2v) is 6.35. The average molecular weight is 423 g/mol. The number of ether oxygens (including phenoxy) is 2. The summed E-state index contributed by atoms with van der Waals surface area (Å²) < 4.78 is 10.8. The second-order valence-electron chi connectivity index (χ2n) is 6.35. The fourth-order valence-corrected chi connectivity index (χ4v) is 2.59. The highest BCUT2D eigenvalue weighted by Gasteiger charge is 2.12. The van der Waals surface area contributed by atoms with Crippen molar-refractivity contribution in [1.29, 1.82) is 0 Å². The summed E-state index contributed by atoms with van der Waals surface area (Å²) >= 11 is 0. The molecule has 3 amide bonds. The minimum atomic E-state index is -0.510. The number of benzene rings is 2. The van der Waals surface area contributed by atoms with Crippen molar-refractivity contribution in [2.75, 3.05) is 25.6 Å². The molecule has 0 saturated heterocycles. The Hall–Kier alpha value is -4.07. The molecule has 2 rings (SSSR count). The molecule has 4 N–H and O–H groups in total. The van der Waals surface area contributed by atoms with Crippen molar-refractivity contribution in [3.63, 3.8) is 0 Å². The number of hydrogen-bond acceptors (Lipinski definition) is 5. The third-order valence-corrected chi connectivity index (χ3v) is 4.06. The molecule has 0 aliphatic heterocycles. The SMILES string of the molecule is C=CCOc1ccc(/C=C/C(=O)Nc2ccccc2C(=O)NCCC(N)=O)cc1OC. The van der Waals surface area contributed by atoms with Crippen molar-refractivity contribution in [3.8, 4) is 11.5 Å². The second kappa shape index (κ2) is 11.8. The van der Waals surface area contributed by atoms with Gasteiger partial charge in [0.25, 0.3) is 5.91 Å². The molecule has 8 nitrogen and oxygen atoms in total. The molecule has 0 saturated carbocycles. The molecule has 0 radical (unpaired) electrons. The quantitative estimate of drug-likeness (QED) is 0.379. The maximum Gasteiger partial charge on any atom is 0.253 e. The van der Waals surface area contributed by atoms with Crippen molar-refractivity contribution in [1.82, 2.24) is 5.32 Å². The number of nitrogens with two attached hydrogens (primary N) is 1. The summed E-state index contributed by atoms with van der Waals surface area (Å²) in [6.45, 7) is 4.07. The summed E-state index contributed by atoms with van der Waals surface area (Å²) in [6, 6.07) is 11.8. The Kier molecular flexibility index (Phi) is 8.85. The van der Waals surface area contributed by atoms with Crippen LogP contribution in [0.1, 0.15) is 22.3 Å². The zero-order valence-electron chi connectivity index (χ0n) is 17.2. The van der Waals surface area contributed by atoms with Gasteiger partial charge in [-0.2, -0.15) is 0 Å². The van der Waals surface area contributed by atoms with E-state index in [1.165, 1.54) is 13.2 Å². The molecule has 0 aromatic heterocycles. The van der Waals surface area contributed by atoms with Crippen LogP contribution in [0.3, 0.4) is 0 Å². The number of anilines is 1. The van der Waals surface area contributed by atoms with Gasteiger partial charge in [-0.25, -0.2) is 0 Å². The summed E-state index contributed by atoms with van der Waals surface area (Å²) in [4.78, 5) is 35.5. The van der Waals surface area contributed by atoms with E-state index < -0.39 is 17.7 Å². The lowest BCUT2D eigenvalue weighted by Gasteiger charge is -2.10. The first-order chi connectivity index (χ1) is 14.9. The Morgan fingerprint density at radius 2 is 1.90 bits per heavy atom. The molecule has 0 unspecified atom stereocenters. The summed E-state index contributed by atoms with van der Waals surface area (Å²) in [5.41, 5.74) is 6.42. The molecule has 0 aliphatic rings. The van der Waals surface area contributed by atoms with Crippen molar-refractivity contribution in [2.24, 2.45) is 5.73 Å². The van der Waals surface area contributed by atoms with Crippen LogP contribution in [-0.4, -0.2) is 38.0 Å². The van der Waals surface area contributed by atoms with Crippen LogP contribution in [-0.2, 0) is 9.59 Å². The number of primary amides is 1. The van der Waals surface area contributed by atoms with E-state index in [2.05, 4.69) is 17.2 Å². The maximum atomic E-state index is 12.4. The van der Waals surface area contributed by atoms with Crippen molar-refractivity contribution in [3.05, 3.63) is 72.3 Å². The van der Waals surface area contributed by atoms with E-state index in [4.69, 9.17) is 15.2 Å². The third-order valence-electron chi connectivity index (χ3n) is 4.06. The lowest BCUT2D eigenvalue weighted by Crippen LogP contribution is -2.28. The third kappa shape index (κ3) is 7.36. The number of methoxy groups -OCH3 is 1. The number of amides is 3. The Labute approximate surface area is 180 Å². The van der Waals surface area contributed by atoms with Crippen molar-refractivity contribution in [2.45, 2.75) is 6.42 Å². The van der Waals surface area contributed by atoms with Gasteiger partial charge in [0, 0.05) is 19.0 Å². The van der Waals surface area contributed by atoms with Gasteiger partial charge < -0.3 is 25.8 Å². The van der Waals surface area contributed by atoms with Gasteiger partial charge in [0.05, 0.1) is 18.4 Å². The van der Waals surface area contributed by atoms with E-state index in [0.717, 1.165) is 5.56 Å². The molecule has 0 heterocycles. The lowest BCUT2D eigenvalue weighted by atomic mass is 10.1. The number of carbonyl (C=O) groups is 3. The maximum absolute atomic E-state index is 12.4. The smallest absolute Gasteiger partial charge is 0.253 e. The van der Waals surface area contributed by atoms with Gasteiger partial charge in [0.2, 0.25) is 11.8 Å². The summed E-state index contributed by atoms with van der Waals surface area (Å²) in [7, 11) is 1.53. The summed E-state index contributed by atoms with van der Waals surface area (Å²) in [5, 5.41) is 5.28. The average Bonchev–Trinajstić information content (AvgIpc) is 2.76. The molecule has 162 valence electrons. The van der Waals surface area contributed by atoms with Gasteiger partial charge in [-0.3, -0.25) is 14.4 Å². The first kappa shape index (κ1) is 23.2. The van der Waals surface area contributed by atoms with Crippen LogP contribution < -0.4 is 25.8 Å². The van der Waals surface area contributed by atoms with Crippen LogP contribution in [0.15, 0.2) is 61.2 Å². The van der Waals surface area contributed by atoms with E-state index in [9.17, 15) is 14.4 Å². The molecule has 0 bridgehead atoms. The van der Waals surface area contributed by atoms with Crippen molar-refractivity contribution >= 4 is 29.5 Å². The van der Waals surface area contributed by atoms with Gasteiger partial charge in [-0.05, 0) is 35.9 Å². The Bertz CT molecular complexity index is 985. The van der Waals surface area contributed by atoms with Gasteiger partial charge >= 0.3 is 0 Å². The molecule has 0 aliphatic carbocycles. The lowest BCUT2D eigenvalue weighted by molar-refractivity contribution is -0.118. The predicted octanol–water partition coefficient (Wildman–Crippen LogP) is 2.52. The zero-order valence-corrected chi connectivity index (χ0v) is 17.2. The van der Waals surface area contributed by atoms with Gasteiger partial charge in [0.1, 0.15) is 6.61 Å². The topological polar surface area (TPSA) is 120 Å². The highest BCUT2D eigenvalue weighted by Crippen LogP contribution is 2.28. The van der Waals surface area contributed by atoms with Crippen LogP contribution >= 0.6 is 0 Å². The summed E-state index contributed by atoms with van der Waals surface area (Å²) in [6.07, 6.45) is 4.63. The summed E-state index contributed by atoms with van der Waals surface area (Å²) in [5.74, 6) is -0.240. The van der Waals surface area contributed by atoms with Gasteiger partial charge in [-0.1, -0.05) is 30.9 Å². The molecular formula is C23H25N3O5. The minimum absolute atomic E-state index is 0.0316. The van der Waals surface area contributed by atoms with Gasteiger partial charge in [0.15, 0.2) is 11.5 Å². The molecule has 0 fully saturated rings. The van der Waals surface area contributed by atoms with Crippen LogP contribution in [0.4, 0.5) is 5.69 Å². The number of rotatable bonds is 11. The van der Waals surface area contributed by atoms with E-state index >= 15 is 0 Å². The fourth-order valence-electron chi connectivity index (χ4n) is 2.59. The zero-order chi connectivity index (χ0) is 22.6. The molecule has 0 spiro atoms. The van der Waals surface area contributed by atoms with E-state index in [1.54, 1.807) is 54.6 Å². The Morgan fingerprint density at radius 3 is 2.61 bits per heavy atom. The molecule has 0 atom stereocenters. The molecule has 31 heavy (non-hydrogen) atoms. The van der Waals surface area contributed by atoms with Crippen molar-refractivity contribution < 1.29 is 23.9 Å². The van der Waals surface area contributed by atoms with E-state index in [0.29, 0.717) is 23.8 Å². The Balaban J connectivity index is 2.06. The number of para-hydroxylation sites is 1. The molecule has 8 heteroatoms. The fraction of sp³-hybridized carbons (Fsp3) is 0.174. The highest BCUT2D eigenvalue weighted by atomic mass is 16.5. The number of hydrogen-bond donors (Lipinski definition) is 3. The monoisotopic (exact) mass is 423 g/mol. The Morgan fingerprint density at radius 1 is 1.13 bits per heavy atom. The first-order valence-electron chi connectivity index (χ1n) is 9.51. The van der Waals surface area contributed by atoms with Crippen LogP contribution in [0, 0.1) is 0 Å². The molecular weight excluding hydrogens is 398 g/mol. The largest absolute Gasteiger partial charge is 0.493 e. The van der Waals surface area contributed by atoms with Crippen LogP contribution in [0.25, 0.3) is 6.08 Å². The van der Waals surface area contributed by atoms with E-state index in [1.807, 2.05) is 0 Å².